The molecule has 1 unspecified atom stereocenters. The van der Waals surface area contributed by atoms with Crippen molar-refractivity contribution in [3.63, 3.8) is 0 Å². The summed E-state index contributed by atoms with van der Waals surface area (Å²) < 4.78 is 35.6. The fraction of sp³-hybridized carbons (Fsp3) is 0.562. The van der Waals surface area contributed by atoms with Gasteiger partial charge in [0.25, 0.3) is 0 Å². The van der Waals surface area contributed by atoms with E-state index in [0.717, 1.165) is 16.8 Å². The molecular weight excluding hydrogens is 305 g/mol. The van der Waals surface area contributed by atoms with Crippen LogP contribution in [0.3, 0.4) is 0 Å². The third-order valence-corrected chi connectivity index (χ3v) is 5.21. The van der Waals surface area contributed by atoms with Gasteiger partial charge in [-0.3, -0.25) is 4.79 Å². The molecule has 1 saturated heterocycles. The SMILES string of the molecule is CC(C)c1cccc(C(C)C)c1N1CC(S(=O)(=O)F)CC1=O. The van der Waals surface area contributed by atoms with Gasteiger partial charge in [-0.2, -0.15) is 8.42 Å². The van der Waals surface area contributed by atoms with Gasteiger partial charge in [-0.25, -0.2) is 0 Å². The van der Waals surface area contributed by atoms with E-state index in [1.54, 1.807) is 0 Å². The fourth-order valence-electron chi connectivity index (χ4n) is 2.90. The molecule has 0 aliphatic carbocycles. The molecule has 1 aromatic carbocycles. The second kappa shape index (κ2) is 5.99. The first-order chi connectivity index (χ1) is 10.1. The van der Waals surface area contributed by atoms with Crippen LogP contribution in [0.25, 0.3) is 0 Å². The summed E-state index contributed by atoms with van der Waals surface area (Å²) in [6.45, 7) is 7.97. The lowest BCUT2D eigenvalue weighted by molar-refractivity contribution is -0.117. The molecule has 1 atom stereocenters. The molecule has 0 spiro atoms. The van der Waals surface area contributed by atoms with Crippen molar-refractivity contribution in [2.24, 2.45) is 0 Å². The maximum Gasteiger partial charge on any atom is 0.307 e. The average Bonchev–Trinajstić information content (AvgIpc) is 2.79. The van der Waals surface area contributed by atoms with Crippen LogP contribution in [0.1, 0.15) is 57.1 Å². The summed E-state index contributed by atoms with van der Waals surface area (Å²) >= 11 is 0. The number of carbonyl (C=O) groups excluding carboxylic acids is 1. The van der Waals surface area contributed by atoms with Gasteiger partial charge in [0, 0.05) is 13.0 Å². The van der Waals surface area contributed by atoms with Gasteiger partial charge in [0.1, 0.15) is 5.25 Å². The molecule has 0 aromatic heterocycles. The minimum Gasteiger partial charge on any atom is -0.310 e. The van der Waals surface area contributed by atoms with Crippen LogP contribution < -0.4 is 4.90 Å². The topological polar surface area (TPSA) is 54.5 Å². The van der Waals surface area contributed by atoms with E-state index in [-0.39, 0.29) is 30.7 Å². The zero-order valence-corrected chi connectivity index (χ0v) is 14.2. The standard InChI is InChI=1S/C16H22FNO3S/c1-10(2)13-6-5-7-14(11(3)4)16(13)18-9-12(8-15(18)19)22(17,20)21/h5-7,10-12H,8-9H2,1-4H3. The van der Waals surface area contributed by atoms with E-state index in [2.05, 4.69) is 0 Å². The summed E-state index contributed by atoms with van der Waals surface area (Å²) in [5.74, 6) is 0.0336. The second-order valence-corrected chi connectivity index (χ2v) is 8.02. The predicted octanol–water partition coefficient (Wildman–Crippen LogP) is 3.34. The summed E-state index contributed by atoms with van der Waals surface area (Å²) in [6.07, 6.45) is -0.289. The Morgan fingerprint density at radius 3 is 2.00 bits per heavy atom. The number of amides is 1. The van der Waals surface area contributed by atoms with Crippen LogP contribution in [-0.2, 0) is 15.0 Å². The van der Waals surface area contributed by atoms with E-state index in [1.165, 1.54) is 4.90 Å². The van der Waals surface area contributed by atoms with Crippen molar-refractivity contribution in [2.75, 3.05) is 11.4 Å². The summed E-state index contributed by atoms with van der Waals surface area (Å²) in [5.41, 5.74) is 2.72. The van der Waals surface area contributed by atoms with Gasteiger partial charge in [-0.1, -0.05) is 45.9 Å². The highest BCUT2D eigenvalue weighted by Gasteiger charge is 2.40. The minimum atomic E-state index is -4.71. The Bertz CT molecular complexity index is 656. The molecule has 1 amide bonds. The predicted molar refractivity (Wildman–Crippen MR) is 85.4 cm³/mol. The first kappa shape index (κ1) is 16.9. The van der Waals surface area contributed by atoms with Crippen LogP contribution in [-0.4, -0.2) is 26.1 Å². The average molecular weight is 327 g/mol. The molecule has 1 fully saturated rings. The number of rotatable bonds is 4. The Labute approximate surface area is 131 Å². The van der Waals surface area contributed by atoms with Crippen LogP contribution in [0.4, 0.5) is 9.57 Å². The van der Waals surface area contributed by atoms with Gasteiger partial charge in [0.05, 0.1) is 5.69 Å². The molecule has 0 N–H and O–H groups in total. The molecule has 0 bridgehead atoms. The first-order valence-electron chi connectivity index (χ1n) is 7.49. The third kappa shape index (κ3) is 3.16. The number of anilines is 1. The van der Waals surface area contributed by atoms with Gasteiger partial charge in [0.15, 0.2) is 0 Å². The normalized spacial score (nSPS) is 19.5. The number of carbonyl (C=O) groups is 1. The Morgan fingerprint density at radius 1 is 1.14 bits per heavy atom. The van der Waals surface area contributed by atoms with Gasteiger partial charge >= 0.3 is 10.2 Å². The van der Waals surface area contributed by atoms with Crippen molar-refractivity contribution in [1.82, 2.24) is 0 Å². The van der Waals surface area contributed by atoms with Crippen LogP contribution >= 0.6 is 0 Å². The fourth-order valence-corrected chi connectivity index (χ4v) is 3.57. The number of halogens is 1. The number of hydrogen-bond donors (Lipinski definition) is 0. The van der Waals surface area contributed by atoms with Crippen molar-refractivity contribution < 1.29 is 17.1 Å². The molecule has 1 heterocycles. The lowest BCUT2D eigenvalue weighted by Gasteiger charge is -2.26. The Kier molecular flexibility index (Phi) is 4.61. The Hall–Kier alpha value is -1.43. The molecule has 2 rings (SSSR count). The summed E-state index contributed by atoms with van der Waals surface area (Å²) in [5, 5.41) is -1.26. The van der Waals surface area contributed by atoms with Crippen LogP contribution in [0.15, 0.2) is 18.2 Å². The minimum absolute atomic E-state index is 0.110. The molecule has 6 heteroatoms. The summed E-state index contributed by atoms with van der Waals surface area (Å²) in [7, 11) is -4.71. The number of nitrogens with zero attached hydrogens (tertiary/aromatic N) is 1. The van der Waals surface area contributed by atoms with Gasteiger partial charge < -0.3 is 4.90 Å². The Balaban J connectivity index is 2.54. The van der Waals surface area contributed by atoms with E-state index < -0.39 is 15.5 Å². The lowest BCUT2D eigenvalue weighted by atomic mass is 9.92. The largest absolute Gasteiger partial charge is 0.310 e. The molecule has 122 valence electrons. The van der Waals surface area contributed by atoms with E-state index in [0.29, 0.717) is 0 Å². The molecule has 1 aliphatic heterocycles. The van der Waals surface area contributed by atoms with Crippen molar-refractivity contribution in [3.05, 3.63) is 29.3 Å². The van der Waals surface area contributed by atoms with Crippen molar-refractivity contribution in [3.8, 4) is 0 Å². The van der Waals surface area contributed by atoms with Gasteiger partial charge in [-0.05, 0) is 23.0 Å². The highest BCUT2D eigenvalue weighted by Crippen LogP contribution is 2.38. The maximum atomic E-state index is 13.3. The van der Waals surface area contributed by atoms with Crippen molar-refractivity contribution >= 4 is 21.8 Å². The molecule has 1 aliphatic rings. The summed E-state index contributed by atoms with van der Waals surface area (Å²) in [6, 6.07) is 5.82. The monoisotopic (exact) mass is 327 g/mol. The van der Waals surface area contributed by atoms with E-state index >= 15 is 0 Å². The highest BCUT2D eigenvalue weighted by atomic mass is 32.3. The number of hydrogen-bond acceptors (Lipinski definition) is 3. The number of para-hydroxylation sites is 1. The zero-order chi connectivity index (χ0) is 16.7. The molecule has 4 nitrogen and oxygen atoms in total. The second-order valence-electron chi connectivity index (χ2n) is 6.40. The van der Waals surface area contributed by atoms with E-state index in [9.17, 15) is 17.1 Å². The van der Waals surface area contributed by atoms with Crippen LogP contribution in [0, 0.1) is 0 Å². The summed E-state index contributed by atoms with van der Waals surface area (Å²) in [4.78, 5) is 13.7. The number of benzene rings is 1. The quantitative estimate of drug-likeness (QED) is 0.797. The van der Waals surface area contributed by atoms with E-state index in [4.69, 9.17) is 0 Å². The zero-order valence-electron chi connectivity index (χ0n) is 13.3. The molecule has 22 heavy (non-hydrogen) atoms. The van der Waals surface area contributed by atoms with Gasteiger partial charge in [0.2, 0.25) is 5.91 Å². The van der Waals surface area contributed by atoms with Crippen molar-refractivity contribution in [2.45, 2.75) is 51.2 Å². The van der Waals surface area contributed by atoms with E-state index in [1.807, 2.05) is 45.9 Å². The van der Waals surface area contributed by atoms with Crippen LogP contribution in [0.5, 0.6) is 0 Å². The smallest absolute Gasteiger partial charge is 0.307 e. The van der Waals surface area contributed by atoms with Crippen molar-refractivity contribution in [1.29, 1.82) is 0 Å². The highest BCUT2D eigenvalue weighted by molar-refractivity contribution is 7.87. The molecular formula is C16H22FNO3S. The maximum absolute atomic E-state index is 13.3. The molecule has 0 radical (unpaired) electrons. The first-order valence-corrected chi connectivity index (χ1v) is 8.94. The Morgan fingerprint density at radius 2 is 1.64 bits per heavy atom. The van der Waals surface area contributed by atoms with Gasteiger partial charge in [-0.15, -0.1) is 3.89 Å². The third-order valence-electron chi connectivity index (χ3n) is 4.10. The lowest BCUT2D eigenvalue weighted by Crippen LogP contribution is -2.29. The van der Waals surface area contributed by atoms with Crippen LogP contribution in [0.2, 0.25) is 0 Å². The molecule has 0 saturated carbocycles. The molecule has 1 aromatic rings.